The molecule has 0 radical (unpaired) electrons. The summed E-state index contributed by atoms with van der Waals surface area (Å²) in [5.74, 6) is -1.59. The fourth-order valence-electron chi connectivity index (χ4n) is 4.95. The number of likely N-dealkylation sites (tertiary alicyclic amines) is 1. The molecule has 0 atom stereocenters. The predicted octanol–water partition coefficient (Wildman–Crippen LogP) is 2.08. The number of carbonyl (C=O) groups is 1. The number of aliphatic hydroxyl groups is 1. The first-order valence-electron chi connectivity index (χ1n) is 11.2. The topological polar surface area (TPSA) is 105 Å². The Bertz CT molecular complexity index is 1030. The molecule has 0 aromatic heterocycles. The van der Waals surface area contributed by atoms with Crippen LogP contribution in [0.25, 0.3) is 0 Å². The summed E-state index contributed by atoms with van der Waals surface area (Å²) in [6.07, 6.45) is 2.02. The van der Waals surface area contributed by atoms with Gasteiger partial charge >= 0.3 is 0 Å². The zero-order chi connectivity index (χ0) is 23.1. The zero-order valence-electron chi connectivity index (χ0n) is 18.3. The Kier molecular flexibility index (Phi) is 5.65. The molecule has 0 aliphatic carbocycles. The Balaban J connectivity index is 1.32. The molecule has 9 heteroatoms. The van der Waals surface area contributed by atoms with E-state index in [4.69, 9.17) is 9.47 Å². The number of benzene rings is 2. The number of fused-ring (bicyclic) bond motifs is 2. The molecule has 2 fully saturated rings. The number of amides is 1. The largest absolute Gasteiger partial charge is 0.389 e. The van der Waals surface area contributed by atoms with Gasteiger partial charge in [0.25, 0.3) is 17.2 Å². The Morgan fingerprint density at radius 2 is 1.67 bits per heavy atom. The fourth-order valence-corrected chi connectivity index (χ4v) is 4.95. The molecule has 1 N–H and O–H groups in total. The van der Waals surface area contributed by atoms with E-state index in [2.05, 4.69) is 29.2 Å². The van der Waals surface area contributed by atoms with Gasteiger partial charge < -0.3 is 14.6 Å². The third-order valence-corrected chi connectivity index (χ3v) is 7.05. The summed E-state index contributed by atoms with van der Waals surface area (Å²) in [6.45, 7) is 0.558. The van der Waals surface area contributed by atoms with Crippen LogP contribution < -0.4 is 4.90 Å². The summed E-state index contributed by atoms with van der Waals surface area (Å²) in [6, 6.07) is 17.7. The van der Waals surface area contributed by atoms with Crippen LogP contribution in [0.15, 0.2) is 54.6 Å². The van der Waals surface area contributed by atoms with Crippen LogP contribution in [0.4, 0.5) is 5.69 Å². The van der Waals surface area contributed by atoms with Gasteiger partial charge in [0.15, 0.2) is 0 Å². The lowest BCUT2D eigenvalue weighted by atomic mass is 9.90. The molecule has 2 saturated heterocycles. The Hall–Kier alpha value is -2.85. The second-order valence-corrected chi connectivity index (χ2v) is 9.03. The summed E-state index contributed by atoms with van der Waals surface area (Å²) in [5, 5.41) is 21.1. The van der Waals surface area contributed by atoms with Gasteiger partial charge in [0.1, 0.15) is 19.8 Å². The van der Waals surface area contributed by atoms with Gasteiger partial charge in [0.2, 0.25) is 0 Å². The number of anilines is 1. The minimum absolute atomic E-state index is 0.385. The van der Waals surface area contributed by atoms with Crippen LogP contribution in [0.5, 0.6) is 0 Å². The average molecular weight is 453 g/mol. The monoisotopic (exact) mass is 453 g/mol. The van der Waals surface area contributed by atoms with E-state index in [1.54, 1.807) is 17.0 Å². The molecule has 2 aromatic carbocycles. The van der Waals surface area contributed by atoms with Crippen LogP contribution in [-0.2, 0) is 20.1 Å². The molecule has 0 bridgehead atoms. The van der Waals surface area contributed by atoms with E-state index in [0.717, 1.165) is 25.9 Å². The normalized spacial score (nSPS) is 28.3. The lowest BCUT2D eigenvalue weighted by Gasteiger charge is -2.39. The second kappa shape index (κ2) is 8.49. The van der Waals surface area contributed by atoms with E-state index < -0.39 is 36.1 Å². The minimum atomic E-state index is -1.77. The molecule has 2 aromatic rings. The van der Waals surface area contributed by atoms with Crippen molar-refractivity contribution >= 4 is 11.6 Å². The van der Waals surface area contributed by atoms with E-state index >= 15 is 0 Å². The molecule has 3 aliphatic heterocycles. The number of aliphatic hydroxyl groups excluding tert-OH is 1. The van der Waals surface area contributed by atoms with Crippen LogP contribution >= 0.6 is 0 Å². The van der Waals surface area contributed by atoms with E-state index in [1.807, 2.05) is 18.2 Å². The highest BCUT2D eigenvalue weighted by atomic mass is 16.7. The van der Waals surface area contributed by atoms with E-state index in [0.29, 0.717) is 23.8 Å². The first-order chi connectivity index (χ1) is 16.0. The fraction of sp³-hybridized carbons (Fsp3) is 0.458. The molecule has 1 amide bonds. The number of carbonyl (C=O) groups excluding carboxylic acids is 1. The minimum Gasteiger partial charge on any atom is -0.389 e. The Labute approximate surface area is 191 Å². The molecular formula is C24H27N3O6. The van der Waals surface area contributed by atoms with Gasteiger partial charge in [0.05, 0.1) is 12.4 Å². The highest BCUT2D eigenvalue weighted by Crippen LogP contribution is 2.46. The van der Waals surface area contributed by atoms with Crippen LogP contribution in [0, 0.1) is 10.1 Å². The van der Waals surface area contributed by atoms with E-state index in [-0.39, 0.29) is 5.91 Å². The quantitative estimate of drug-likeness (QED) is 0.546. The third kappa shape index (κ3) is 3.61. The van der Waals surface area contributed by atoms with Crippen LogP contribution in [0.1, 0.15) is 29.9 Å². The Morgan fingerprint density at radius 1 is 1.03 bits per heavy atom. The summed E-state index contributed by atoms with van der Waals surface area (Å²) >= 11 is 0. The summed E-state index contributed by atoms with van der Waals surface area (Å²) in [4.78, 5) is 28.4. The first-order valence-corrected chi connectivity index (χ1v) is 11.2. The average Bonchev–Trinajstić information content (AvgIpc) is 3.08. The molecule has 3 aliphatic rings. The molecule has 33 heavy (non-hydrogen) atoms. The SMILES string of the molecule is O=C1N(CN2CCC(c3ccccc3)CC2)c2ccccc2C12OCC(CO)([N+](=O)[O-])CO2. The van der Waals surface area contributed by atoms with Crippen molar-refractivity contribution in [1.82, 2.24) is 4.90 Å². The second-order valence-electron chi connectivity index (χ2n) is 9.03. The summed E-state index contributed by atoms with van der Waals surface area (Å²) in [5.41, 5.74) is 0.808. The smallest absolute Gasteiger partial charge is 0.293 e. The highest BCUT2D eigenvalue weighted by Gasteiger charge is 2.61. The molecule has 174 valence electrons. The summed E-state index contributed by atoms with van der Waals surface area (Å²) in [7, 11) is 0. The highest BCUT2D eigenvalue weighted by molar-refractivity contribution is 6.06. The number of nitrogens with zero attached hydrogens (tertiary/aromatic N) is 3. The number of hydrogen-bond donors (Lipinski definition) is 1. The maximum Gasteiger partial charge on any atom is 0.293 e. The van der Waals surface area contributed by atoms with Crippen LogP contribution in [-0.4, -0.2) is 66.0 Å². The van der Waals surface area contributed by atoms with Crippen LogP contribution in [0.3, 0.4) is 0 Å². The van der Waals surface area contributed by atoms with E-state index in [9.17, 15) is 20.0 Å². The molecular weight excluding hydrogens is 426 g/mol. The number of hydrogen-bond acceptors (Lipinski definition) is 7. The standard InChI is InChI=1S/C24H27N3O6/c28-14-23(27(30)31)15-32-24(33-16-23)20-8-4-5-9-21(20)26(22(24)29)17-25-12-10-19(11-13-25)18-6-2-1-3-7-18/h1-9,19,28H,10-17H2. The van der Waals surface area contributed by atoms with Gasteiger partial charge in [-0.25, -0.2) is 0 Å². The van der Waals surface area contributed by atoms with Gasteiger partial charge in [-0.3, -0.25) is 24.7 Å². The van der Waals surface area contributed by atoms with Crippen LogP contribution in [0.2, 0.25) is 0 Å². The van der Waals surface area contributed by atoms with Crippen molar-refractivity contribution < 1.29 is 24.3 Å². The zero-order valence-corrected chi connectivity index (χ0v) is 18.3. The number of ether oxygens (including phenoxy) is 2. The first kappa shape index (κ1) is 22.0. The van der Waals surface area contributed by atoms with Crippen molar-refractivity contribution in [1.29, 1.82) is 0 Å². The molecule has 1 spiro atoms. The number of para-hydroxylation sites is 1. The van der Waals surface area contributed by atoms with Crippen molar-refractivity contribution in [2.45, 2.75) is 30.1 Å². The molecule has 0 saturated carbocycles. The van der Waals surface area contributed by atoms with Crippen molar-refractivity contribution in [2.75, 3.05) is 44.5 Å². The number of piperidine rings is 1. The van der Waals surface area contributed by atoms with Crippen molar-refractivity contribution in [2.24, 2.45) is 0 Å². The van der Waals surface area contributed by atoms with Gasteiger partial charge in [-0.05, 0) is 30.4 Å². The van der Waals surface area contributed by atoms with Crippen molar-refractivity contribution in [3.05, 3.63) is 75.8 Å². The number of rotatable bonds is 5. The number of nitro groups is 1. The van der Waals surface area contributed by atoms with Gasteiger partial charge in [-0.1, -0.05) is 48.5 Å². The van der Waals surface area contributed by atoms with Gasteiger partial charge in [-0.2, -0.15) is 0 Å². The Morgan fingerprint density at radius 3 is 2.30 bits per heavy atom. The lowest BCUT2D eigenvalue weighted by molar-refractivity contribution is -0.598. The third-order valence-electron chi connectivity index (χ3n) is 7.05. The van der Waals surface area contributed by atoms with Gasteiger partial charge in [-0.15, -0.1) is 0 Å². The van der Waals surface area contributed by atoms with Crippen molar-refractivity contribution in [3.63, 3.8) is 0 Å². The molecule has 3 heterocycles. The summed E-state index contributed by atoms with van der Waals surface area (Å²) < 4.78 is 11.6. The maximum absolute atomic E-state index is 13.6. The molecule has 9 nitrogen and oxygen atoms in total. The molecule has 0 unspecified atom stereocenters. The molecule has 5 rings (SSSR count). The van der Waals surface area contributed by atoms with Crippen molar-refractivity contribution in [3.8, 4) is 0 Å². The van der Waals surface area contributed by atoms with Gasteiger partial charge in [0, 0.05) is 23.6 Å². The predicted molar refractivity (Wildman–Crippen MR) is 119 cm³/mol. The lowest BCUT2D eigenvalue weighted by Crippen LogP contribution is -2.61. The van der Waals surface area contributed by atoms with E-state index in [1.165, 1.54) is 5.56 Å². The maximum atomic E-state index is 13.6.